The summed E-state index contributed by atoms with van der Waals surface area (Å²) in [5.41, 5.74) is 4.06. The summed E-state index contributed by atoms with van der Waals surface area (Å²) in [5.74, 6) is 0.775. The van der Waals surface area contributed by atoms with Gasteiger partial charge in [0.1, 0.15) is 17.9 Å². The molecule has 1 heterocycles. The molecule has 0 radical (unpaired) electrons. The lowest BCUT2D eigenvalue weighted by Crippen LogP contribution is -2.29. The molecule has 4 nitrogen and oxygen atoms in total. The van der Waals surface area contributed by atoms with Gasteiger partial charge in [-0.05, 0) is 37.6 Å². The Morgan fingerprint density at radius 1 is 1.08 bits per heavy atom. The lowest BCUT2D eigenvalue weighted by atomic mass is 10.1. The Balaban J connectivity index is 1.47. The van der Waals surface area contributed by atoms with Crippen molar-refractivity contribution in [3.63, 3.8) is 0 Å². The monoisotopic (exact) mass is 323 g/mol. The van der Waals surface area contributed by atoms with Crippen molar-refractivity contribution in [2.24, 2.45) is 0 Å². The Kier molecular flexibility index (Phi) is 4.85. The van der Waals surface area contributed by atoms with Crippen molar-refractivity contribution in [1.82, 2.24) is 5.32 Å². The second-order valence-electron chi connectivity index (χ2n) is 5.95. The standard InChI is InChI=1S/C20H21NO3/c1-14-3-6-17(7-4-14)23-10-9-21-20(22)12-16-13-24-19-11-15(2)5-8-18(16)19/h3-8,11,13H,9-10,12H2,1-2H3,(H,21,22). The molecule has 0 fully saturated rings. The fraction of sp³-hybridized carbons (Fsp3) is 0.250. The number of ether oxygens (including phenoxy) is 1. The van der Waals surface area contributed by atoms with Crippen LogP contribution in [0.1, 0.15) is 16.7 Å². The molecule has 1 N–H and O–H groups in total. The number of aryl methyl sites for hydroxylation is 2. The molecule has 0 aliphatic rings. The van der Waals surface area contributed by atoms with Crippen molar-refractivity contribution in [2.45, 2.75) is 20.3 Å². The SMILES string of the molecule is Cc1ccc(OCCNC(=O)Cc2coc3cc(C)ccc23)cc1. The highest BCUT2D eigenvalue weighted by Gasteiger charge is 2.10. The molecule has 3 rings (SSSR count). The highest BCUT2D eigenvalue weighted by atomic mass is 16.5. The Hall–Kier alpha value is -2.75. The summed E-state index contributed by atoms with van der Waals surface area (Å²) in [4.78, 5) is 12.1. The summed E-state index contributed by atoms with van der Waals surface area (Å²) in [6.45, 7) is 4.97. The first kappa shape index (κ1) is 16.1. The summed E-state index contributed by atoms with van der Waals surface area (Å²) < 4.78 is 11.1. The van der Waals surface area contributed by atoms with Crippen LogP contribution in [0.3, 0.4) is 0 Å². The van der Waals surface area contributed by atoms with Crippen molar-refractivity contribution >= 4 is 16.9 Å². The molecule has 1 aromatic heterocycles. The van der Waals surface area contributed by atoms with Crippen molar-refractivity contribution < 1.29 is 13.9 Å². The molecular weight excluding hydrogens is 302 g/mol. The van der Waals surface area contributed by atoms with Gasteiger partial charge in [-0.15, -0.1) is 0 Å². The van der Waals surface area contributed by atoms with Gasteiger partial charge >= 0.3 is 0 Å². The number of fused-ring (bicyclic) bond motifs is 1. The predicted octanol–water partition coefficient (Wildman–Crippen LogP) is 3.79. The number of carbonyl (C=O) groups excluding carboxylic acids is 1. The number of nitrogens with one attached hydrogen (secondary N) is 1. The Labute approximate surface area is 141 Å². The van der Waals surface area contributed by atoms with E-state index in [-0.39, 0.29) is 5.91 Å². The molecule has 2 aromatic carbocycles. The first-order valence-electron chi connectivity index (χ1n) is 8.05. The zero-order chi connectivity index (χ0) is 16.9. The highest BCUT2D eigenvalue weighted by Crippen LogP contribution is 2.22. The molecule has 124 valence electrons. The average Bonchev–Trinajstić information content (AvgIpc) is 2.95. The first-order chi connectivity index (χ1) is 11.6. The van der Waals surface area contributed by atoms with Crippen LogP contribution in [0.2, 0.25) is 0 Å². The van der Waals surface area contributed by atoms with Crippen LogP contribution in [-0.2, 0) is 11.2 Å². The maximum atomic E-state index is 12.1. The van der Waals surface area contributed by atoms with Gasteiger partial charge in [-0.3, -0.25) is 4.79 Å². The van der Waals surface area contributed by atoms with Crippen LogP contribution >= 0.6 is 0 Å². The summed E-state index contributed by atoms with van der Waals surface area (Å²) in [6.07, 6.45) is 1.97. The molecule has 0 bridgehead atoms. The number of carbonyl (C=O) groups is 1. The Morgan fingerprint density at radius 2 is 1.83 bits per heavy atom. The minimum absolute atomic E-state index is 0.0363. The Bertz CT molecular complexity index is 834. The summed E-state index contributed by atoms with van der Waals surface area (Å²) >= 11 is 0. The summed E-state index contributed by atoms with van der Waals surface area (Å²) in [6, 6.07) is 13.9. The van der Waals surface area contributed by atoms with Crippen LogP contribution in [0.25, 0.3) is 11.0 Å². The molecule has 0 atom stereocenters. The minimum atomic E-state index is -0.0363. The van der Waals surface area contributed by atoms with Gasteiger partial charge in [-0.1, -0.05) is 29.8 Å². The molecule has 3 aromatic rings. The summed E-state index contributed by atoms with van der Waals surface area (Å²) in [7, 11) is 0. The van der Waals surface area contributed by atoms with Crippen molar-refractivity contribution in [2.75, 3.05) is 13.2 Å². The van der Waals surface area contributed by atoms with Gasteiger partial charge in [0.05, 0.1) is 19.2 Å². The van der Waals surface area contributed by atoms with E-state index in [1.165, 1.54) is 5.56 Å². The zero-order valence-electron chi connectivity index (χ0n) is 14.0. The second-order valence-corrected chi connectivity index (χ2v) is 5.95. The fourth-order valence-electron chi connectivity index (χ4n) is 2.56. The van der Waals surface area contributed by atoms with Crippen molar-refractivity contribution in [3.05, 3.63) is 65.4 Å². The third-order valence-corrected chi connectivity index (χ3v) is 3.88. The van der Waals surface area contributed by atoms with Gasteiger partial charge < -0.3 is 14.5 Å². The van der Waals surface area contributed by atoms with Gasteiger partial charge in [0.15, 0.2) is 0 Å². The van der Waals surface area contributed by atoms with Crippen LogP contribution in [0.5, 0.6) is 5.75 Å². The van der Waals surface area contributed by atoms with Gasteiger partial charge in [-0.2, -0.15) is 0 Å². The van der Waals surface area contributed by atoms with Crippen LogP contribution in [0, 0.1) is 13.8 Å². The van der Waals surface area contributed by atoms with E-state index in [1.54, 1.807) is 6.26 Å². The van der Waals surface area contributed by atoms with Crippen molar-refractivity contribution in [3.8, 4) is 5.75 Å². The third-order valence-electron chi connectivity index (χ3n) is 3.88. The molecule has 0 saturated carbocycles. The lowest BCUT2D eigenvalue weighted by molar-refractivity contribution is -0.120. The largest absolute Gasteiger partial charge is 0.492 e. The third kappa shape index (κ3) is 3.96. The van der Waals surface area contributed by atoms with E-state index in [2.05, 4.69) is 5.32 Å². The van der Waals surface area contributed by atoms with E-state index in [1.807, 2.05) is 56.3 Å². The number of amides is 1. The quantitative estimate of drug-likeness (QED) is 0.702. The van der Waals surface area contributed by atoms with E-state index < -0.39 is 0 Å². The molecule has 1 amide bonds. The molecule has 4 heteroatoms. The van der Waals surface area contributed by atoms with Gasteiger partial charge in [-0.25, -0.2) is 0 Å². The van der Waals surface area contributed by atoms with Crippen LogP contribution in [0.15, 0.2) is 53.1 Å². The predicted molar refractivity (Wildman–Crippen MR) is 94.3 cm³/mol. The molecule has 24 heavy (non-hydrogen) atoms. The average molecular weight is 323 g/mol. The molecular formula is C20H21NO3. The zero-order valence-corrected chi connectivity index (χ0v) is 14.0. The van der Waals surface area contributed by atoms with E-state index >= 15 is 0 Å². The first-order valence-corrected chi connectivity index (χ1v) is 8.05. The number of furan rings is 1. The molecule has 0 saturated heterocycles. The van der Waals surface area contributed by atoms with Crippen molar-refractivity contribution in [1.29, 1.82) is 0 Å². The second kappa shape index (κ2) is 7.21. The minimum Gasteiger partial charge on any atom is -0.492 e. The number of hydrogen-bond acceptors (Lipinski definition) is 3. The molecule has 0 aliphatic heterocycles. The Morgan fingerprint density at radius 3 is 2.62 bits per heavy atom. The smallest absolute Gasteiger partial charge is 0.224 e. The van der Waals surface area contributed by atoms with Crippen LogP contribution < -0.4 is 10.1 Å². The van der Waals surface area contributed by atoms with E-state index in [0.717, 1.165) is 27.8 Å². The molecule has 0 unspecified atom stereocenters. The van der Waals surface area contributed by atoms with Gasteiger partial charge in [0.2, 0.25) is 5.91 Å². The maximum Gasteiger partial charge on any atom is 0.224 e. The van der Waals surface area contributed by atoms with Gasteiger partial charge in [0, 0.05) is 10.9 Å². The lowest BCUT2D eigenvalue weighted by Gasteiger charge is -2.07. The van der Waals surface area contributed by atoms with Gasteiger partial charge in [0.25, 0.3) is 0 Å². The number of benzene rings is 2. The number of hydrogen-bond donors (Lipinski definition) is 1. The number of rotatable bonds is 6. The fourth-order valence-corrected chi connectivity index (χ4v) is 2.56. The van der Waals surface area contributed by atoms with Crippen LogP contribution in [-0.4, -0.2) is 19.1 Å². The van der Waals surface area contributed by atoms with E-state index in [4.69, 9.17) is 9.15 Å². The molecule has 0 spiro atoms. The normalized spacial score (nSPS) is 10.8. The maximum absolute atomic E-state index is 12.1. The topological polar surface area (TPSA) is 51.5 Å². The van der Waals surface area contributed by atoms with Crippen LogP contribution in [0.4, 0.5) is 0 Å². The highest BCUT2D eigenvalue weighted by molar-refractivity contribution is 5.87. The van der Waals surface area contributed by atoms with E-state index in [9.17, 15) is 4.79 Å². The molecule has 0 aliphatic carbocycles. The van der Waals surface area contributed by atoms with E-state index in [0.29, 0.717) is 19.6 Å². The summed E-state index contributed by atoms with van der Waals surface area (Å²) in [5, 5.41) is 3.87.